The van der Waals surface area contributed by atoms with Gasteiger partial charge in [0.25, 0.3) is 0 Å². The fourth-order valence-electron chi connectivity index (χ4n) is 2.15. The van der Waals surface area contributed by atoms with E-state index in [1.165, 1.54) is 36.4 Å². The summed E-state index contributed by atoms with van der Waals surface area (Å²) >= 11 is 0. The number of halogens is 4. The number of hydrogen-bond acceptors (Lipinski definition) is 3. The van der Waals surface area contributed by atoms with Crippen LogP contribution in [0.1, 0.15) is 23.7 Å². The second kappa shape index (κ2) is 7.33. The molecule has 0 amide bonds. The molecule has 0 saturated carbocycles. The maximum atomic E-state index is 12.9. The third kappa shape index (κ3) is 4.97. The molecule has 3 nitrogen and oxygen atoms in total. The van der Waals surface area contributed by atoms with Crippen LogP contribution in [0.15, 0.2) is 48.5 Å². The standard InChI is InChI=1S/C17H15F4NO2/c1-2-15(22-13-8-6-12(18)7-9-13)16(23)11-4-3-5-14(10-11)24-17(19,20)21/h3-10,15,22H,2H2,1H3. The maximum Gasteiger partial charge on any atom is 0.573 e. The summed E-state index contributed by atoms with van der Waals surface area (Å²) in [6.07, 6.45) is -4.42. The van der Waals surface area contributed by atoms with Crippen LogP contribution >= 0.6 is 0 Å². The lowest BCUT2D eigenvalue weighted by Gasteiger charge is -2.18. The lowest BCUT2D eigenvalue weighted by molar-refractivity contribution is -0.274. The Hall–Kier alpha value is -2.57. The minimum Gasteiger partial charge on any atom is -0.406 e. The van der Waals surface area contributed by atoms with Crippen LogP contribution in [0.25, 0.3) is 0 Å². The summed E-state index contributed by atoms with van der Waals surface area (Å²) in [7, 11) is 0. The Balaban J connectivity index is 2.16. The topological polar surface area (TPSA) is 38.3 Å². The number of carbonyl (C=O) groups excluding carboxylic acids is 1. The highest BCUT2D eigenvalue weighted by molar-refractivity contribution is 6.01. The van der Waals surface area contributed by atoms with Crippen molar-refractivity contribution in [1.29, 1.82) is 0 Å². The Labute approximate surface area is 136 Å². The van der Waals surface area contributed by atoms with Crippen LogP contribution in [0.4, 0.5) is 23.2 Å². The van der Waals surface area contributed by atoms with Gasteiger partial charge in [0.15, 0.2) is 5.78 Å². The first kappa shape index (κ1) is 17.8. The fourth-order valence-corrected chi connectivity index (χ4v) is 2.15. The molecule has 2 aromatic carbocycles. The van der Waals surface area contributed by atoms with Crippen LogP contribution in [-0.2, 0) is 0 Å². The summed E-state index contributed by atoms with van der Waals surface area (Å²) in [5, 5.41) is 2.94. The Morgan fingerprint density at radius 3 is 2.42 bits per heavy atom. The summed E-state index contributed by atoms with van der Waals surface area (Å²) < 4.78 is 53.5. The average Bonchev–Trinajstić information content (AvgIpc) is 2.52. The molecule has 0 aliphatic heterocycles. The molecule has 0 spiro atoms. The quantitative estimate of drug-likeness (QED) is 0.606. The molecule has 128 valence electrons. The molecule has 2 aromatic rings. The normalized spacial score (nSPS) is 12.5. The summed E-state index contributed by atoms with van der Waals surface area (Å²) in [5.74, 6) is -1.24. The van der Waals surface area contributed by atoms with Gasteiger partial charge in [0.1, 0.15) is 11.6 Å². The number of ketones is 1. The second-order valence-electron chi connectivity index (χ2n) is 5.05. The number of benzene rings is 2. The summed E-state index contributed by atoms with van der Waals surface area (Å²) in [5.41, 5.74) is 0.637. The predicted molar refractivity (Wildman–Crippen MR) is 81.6 cm³/mol. The van der Waals surface area contributed by atoms with Crippen molar-refractivity contribution in [2.24, 2.45) is 0 Å². The molecule has 1 atom stereocenters. The molecule has 0 saturated heterocycles. The monoisotopic (exact) mass is 341 g/mol. The van der Waals surface area contributed by atoms with Crippen molar-refractivity contribution >= 4 is 11.5 Å². The van der Waals surface area contributed by atoms with Gasteiger partial charge in [-0.2, -0.15) is 0 Å². The van der Waals surface area contributed by atoms with Gasteiger partial charge in [0, 0.05) is 11.3 Å². The Morgan fingerprint density at radius 1 is 1.17 bits per heavy atom. The van der Waals surface area contributed by atoms with E-state index in [1.54, 1.807) is 6.92 Å². The van der Waals surface area contributed by atoms with Crippen molar-refractivity contribution in [2.75, 3.05) is 5.32 Å². The van der Waals surface area contributed by atoms with Crippen molar-refractivity contribution in [3.63, 3.8) is 0 Å². The first-order valence-electron chi connectivity index (χ1n) is 7.20. The molecule has 24 heavy (non-hydrogen) atoms. The van der Waals surface area contributed by atoms with Crippen molar-refractivity contribution in [3.05, 3.63) is 59.9 Å². The largest absolute Gasteiger partial charge is 0.573 e. The highest BCUT2D eigenvalue weighted by atomic mass is 19.4. The van der Waals surface area contributed by atoms with Crippen LogP contribution in [0.2, 0.25) is 0 Å². The number of anilines is 1. The van der Waals surface area contributed by atoms with Gasteiger partial charge in [0.05, 0.1) is 6.04 Å². The van der Waals surface area contributed by atoms with Crippen LogP contribution in [0, 0.1) is 5.82 Å². The number of hydrogen-bond donors (Lipinski definition) is 1. The van der Waals surface area contributed by atoms with Crippen LogP contribution in [-0.4, -0.2) is 18.2 Å². The van der Waals surface area contributed by atoms with Gasteiger partial charge in [-0.25, -0.2) is 4.39 Å². The molecule has 7 heteroatoms. The fraction of sp³-hybridized carbons (Fsp3) is 0.235. The van der Waals surface area contributed by atoms with Crippen molar-refractivity contribution in [2.45, 2.75) is 25.7 Å². The molecule has 1 unspecified atom stereocenters. The maximum absolute atomic E-state index is 12.9. The average molecular weight is 341 g/mol. The molecular weight excluding hydrogens is 326 g/mol. The predicted octanol–water partition coefficient (Wildman–Crippen LogP) is 4.80. The minimum atomic E-state index is -4.82. The number of rotatable bonds is 6. The lowest BCUT2D eigenvalue weighted by atomic mass is 10.0. The van der Waals surface area contributed by atoms with Gasteiger partial charge < -0.3 is 10.1 Å². The van der Waals surface area contributed by atoms with Gasteiger partial charge in [-0.05, 0) is 42.8 Å². The molecule has 0 aliphatic rings. The van der Waals surface area contributed by atoms with Gasteiger partial charge in [-0.3, -0.25) is 4.79 Å². The number of alkyl halides is 3. The number of ether oxygens (including phenoxy) is 1. The first-order chi connectivity index (χ1) is 11.3. The van der Waals surface area contributed by atoms with E-state index >= 15 is 0 Å². The first-order valence-corrected chi connectivity index (χ1v) is 7.20. The van der Waals surface area contributed by atoms with E-state index in [2.05, 4.69) is 10.1 Å². The molecule has 0 bridgehead atoms. The zero-order chi connectivity index (χ0) is 17.7. The van der Waals surface area contributed by atoms with Crippen LogP contribution in [0.3, 0.4) is 0 Å². The van der Waals surface area contributed by atoms with E-state index < -0.39 is 24.0 Å². The Morgan fingerprint density at radius 2 is 1.83 bits per heavy atom. The van der Waals surface area contributed by atoms with Gasteiger partial charge in [0.2, 0.25) is 0 Å². The van der Waals surface area contributed by atoms with E-state index in [0.29, 0.717) is 12.1 Å². The van der Waals surface area contributed by atoms with E-state index in [-0.39, 0.29) is 11.3 Å². The van der Waals surface area contributed by atoms with Gasteiger partial charge in [-0.15, -0.1) is 13.2 Å². The van der Waals surface area contributed by atoms with Crippen molar-refractivity contribution in [3.8, 4) is 5.75 Å². The SMILES string of the molecule is CCC(Nc1ccc(F)cc1)C(=O)c1cccc(OC(F)(F)F)c1. The number of carbonyl (C=O) groups is 1. The molecule has 0 heterocycles. The summed E-state index contributed by atoms with van der Waals surface area (Å²) in [6.45, 7) is 1.76. The third-order valence-electron chi connectivity index (χ3n) is 3.26. The van der Waals surface area contributed by atoms with Crippen molar-refractivity contribution < 1.29 is 27.1 Å². The molecule has 0 radical (unpaired) electrons. The van der Waals surface area contributed by atoms with E-state index in [1.807, 2.05) is 0 Å². The Kier molecular flexibility index (Phi) is 5.43. The summed E-state index contributed by atoms with van der Waals surface area (Å²) in [6, 6.07) is 9.71. The zero-order valence-corrected chi connectivity index (χ0v) is 12.7. The van der Waals surface area contributed by atoms with E-state index in [4.69, 9.17) is 0 Å². The smallest absolute Gasteiger partial charge is 0.406 e. The Bertz CT molecular complexity index is 698. The van der Waals surface area contributed by atoms with E-state index in [0.717, 1.165) is 12.1 Å². The zero-order valence-electron chi connectivity index (χ0n) is 12.7. The number of Topliss-reactive ketones (excluding diaryl/α,β-unsaturated/α-hetero) is 1. The molecule has 2 rings (SSSR count). The van der Waals surface area contributed by atoms with E-state index in [9.17, 15) is 22.4 Å². The minimum absolute atomic E-state index is 0.0956. The summed E-state index contributed by atoms with van der Waals surface area (Å²) in [4.78, 5) is 12.5. The molecular formula is C17H15F4NO2. The van der Waals surface area contributed by atoms with Gasteiger partial charge in [-0.1, -0.05) is 19.1 Å². The highest BCUT2D eigenvalue weighted by Crippen LogP contribution is 2.24. The van der Waals surface area contributed by atoms with Crippen molar-refractivity contribution in [1.82, 2.24) is 0 Å². The lowest BCUT2D eigenvalue weighted by Crippen LogP contribution is -2.29. The highest BCUT2D eigenvalue weighted by Gasteiger charge is 2.31. The molecule has 0 aromatic heterocycles. The molecule has 0 fully saturated rings. The third-order valence-corrected chi connectivity index (χ3v) is 3.26. The second-order valence-corrected chi connectivity index (χ2v) is 5.05. The molecule has 0 aliphatic carbocycles. The number of nitrogens with one attached hydrogen (secondary N) is 1. The van der Waals surface area contributed by atoms with Crippen LogP contribution in [0.5, 0.6) is 5.75 Å². The van der Waals surface area contributed by atoms with Gasteiger partial charge >= 0.3 is 6.36 Å². The van der Waals surface area contributed by atoms with Crippen LogP contribution < -0.4 is 10.1 Å². The molecule has 1 N–H and O–H groups in total.